The molecule has 7 nitrogen and oxygen atoms in total. The number of hydrogen-bond acceptors (Lipinski definition) is 4. The van der Waals surface area contributed by atoms with E-state index in [9.17, 15) is 13.2 Å². The molecule has 0 atom stereocenters. The van der Waals surface area contributed by atoms with Crippen LogP contribution >= 0.6 is 23.2 Å². The summed E-state index contributed by atoms with van der Waals surface area (Å²) in [5, 5.41) is 9.15. The average Bonchev–Trinajstić information content (AvgIpc) is 3.10. The molecule has 0 spiro atoms. The molecule has 0 radical (unpaired) electrons. The van der Waals surface area contributed by atoms with Gasteiger partial charge in [-0.2, -0.15) is 5.10 Å². The standard InChI is InChI=1S/C17H14Cl2N4O3S/c18-12-6-7-13(19)15(8-12)27(25,26)23-14-10-21-22-16(14)17(24)20-9-11-4-2-1-3-5-11/h1-8,10,23H,9H2,(H,20,24)(H,21,22). The molecule has 1 heterocycles. The average molecular weight is 425 g/mol. The highest BCUT2D eigenvalue weighted by atomic mass is 35.5. The van der Waals surface area contributed by atoms with Gasteiger partial charge in [0.25, 0.3) is 15.9 Å². The van der Waals surface area contributed by atoms with Gasteiger partial charge in [0.2, 0.25) is 0 Å². The minimum Gasteiger partial charge on any atom is -0.347 e. The first-order valence-electron chi connectivity index (χ1n) is 7.70. The highest BCUT2D eigenvalue weighted by Gasteiger charge is 2.23. The predicted octanol–water partition coefficient (Wildman–Crippen LogP) is 3.45. The number of hydrogen-bond donors (Lipinski definition) is 3. The molecule has 0 saturated heterocycles. The second-order valence-corrected chi connectivity index (χ2v) is 8.00. The lowest BCUT2D eigenvalue weighted by Gasteiger charge is -2.10. The van der Waals surface area contributed by atoms with Crippen molar-refractivity contribution in [2.45, 2.75) is 11.4 Å². The number of rotatable bonds is 6. The Labute approximate surface area is 165 Å². The van der Waals surface area contributed by atoms with E-state index in [0.717, 1.165) is 5.56 Å². The van der Waals surface area contributed by atoms with Crippen LogP contribution in [-0.4, -0.2) is 24.5 Å². The second-order valence-electron chi connectivity index (χ2n) is 5.51. The van der Waals surface area contributed by atoms with Gasteiger partial charge >= 0.3 is 0 Å². The fraction of sp³-hybridized carbons (Fsp3) is 0.0588. The first-order valence-corrected chi connectivity index (χ1v) is 9.94. The van der Waals surface area contributed by atoms with E-state index >= 15 is 0 Å². The van der Waals surface area contributed by atoms with Crippen molar-refractivity contribution < 1.29 is 13.2 Å². The fourth-order valence-electron chi connectivity index (χ4n) is 2.29. The molecule has 140 valence electrons. The summed E-state index contributed by atoms with van der Waals surface area (Å²) >= 11 is 11.8. The van der Waals surface area contributed by atoms with E-state index in [1.54, 1.807) is 0 Å². The Hall–Kier alpha value is -2.55. The number of aromatic nitrogens is 2. The van der Waals surface area contributed by atoms with Gasteiger partial charge in [0.15, 0.2) is 0 Å². The zero-order valence-corrected chi connectivity index (χ0v) is 16.1. The van der Waals surface area contributed by atoms with Crippen molar-refractivity contribution in [3.8, 4) is 0 Å². The summed E-state index contributed by atoms with van der Waals surface area (Å²) in [6.07, 6.45) is 1.20. The largest absolute Gasteiger partial charge is 0.347 e. The Balaban J connectivity index is 1.78. The smallest absolute Gasteiger partial charge is 0.271 e. The molecule has 2 aromatic carbocycles. The van der Waals surface area contributed by atoms with Crippen molar-refractivity contribution >= 4 is 44.8 Å². The number of carbonyl (C=O) groups excluding carboxylic acids is 1. The summed E-state index contributed by atoms with van der Waals surface area (Å²) in [6.45, 7) is 0.283. The molecule has 0 unspecified atom stereocenters. The third-order valence-corrected chi connectivity index (χ3v) is 5.67. The van der Waals surface area contributed by atoms with E-state index in [-0.39, 0.29) is 32.9 Å². The Bertz CT molecular complexity index is 1070. The van der Waals surface area contributed by atoms with E-state index in [0.29, 0.717) is 0 Å². The zero-order valence-electron chi connectivity index (χ0n) is 13.7. The summed E-state index contributed by atoms with van der Waals surface area (Å²) < 4.78 is 27.5. The van der Waals surface area contributed by atoms with E-state index < -0.39 is 15.9 Å². The van der Waals surface area contributed by atoms with Crippen LogP contribution in [0, 0.1) is 0 Å². The quantitative estimate of drug-likeness (QED) is 0.563. The molecule has 0 fully saturated rings. The lowest BCUT2D eigenvalue weighted by Crippen LogP contribution is -2.25. The molecule has 1 aromatic heterocycles. The van der Waals surface area contributed by atoms with E-state index in [1.807, 2.05) is 30.3 Å². The van der Waals surface area contributed by atoms with E-state index in [2.05, 4.69) is 20.2 Å². The van der Waals surface area contributed by atoms with Gasteiger partial charge < -0.3 is 5.32 Å². The molecular weight excluding hydrogens is 411 g/mol. The monoisotopic (exact) mass is 424 g/mol. The predicted molar refractivity (Wildman–Crippen MR) is 103 cm³/mol. The molecular formula is C17H14Cl2N4O3S. The van der Waals surface area contributed by atoms with E-state index in [4.69, 9.17) is 23.2 Å². The number of sulfonamides is 1. The van der Waals surface area contributed by atoms with Crippen LogP contribution in [0.1, 0.15) is 16.1 Å². The van der Waals surface area contributed by atoms with Crippen LogP contribution < -0.4 is 10.0 Å². The Morgan fingerprint density at radius 2 is 1.85 bits per heavy atom. The maximum Gasteiger partial charge on any atom is 0.271 e. The molecule has 0 aliphatic carbocycles. The van der Waals surface area contributed by atoms with Crippen molar-refractivity contribution in [1.82, 2.24) is 15.5 Å². The normalized spacial score (nSPS) is 11.2. The first-order chi connectivity index (χ1) is 12.9. The van der Waals surface area contributed by atoms with Gasteiger partial charge in [0, 0.05) is 11.6 Å². The van der Waals surface area contributed by atoms with Crippen molar-refractivity contribution in [2.75, 3.05) is 4.72 Å². The summed E-state index contributed by atoms with van der Waals surface area (Å²) in [6, 6.07) is 13.4. The fourth-order valence-corrected chi connectivity index (χ4v) is 4.11. The number of aromatic amines is 1. The summed E-state index contributed by atoms with van der Waals surface area (Å²) in [7, 11) is -4.07. The minimum absolute atomic E-state index is 0.00314. The number of nitrogens with one attached hydrogen (secondary N) is 3. The van der Waals surface area contributed by atoms with Gasteiger partial charge in [0.05, 0.1) is 16.9 Å². The second kappa shape index (κ2) is 7.99. The summed E-state index contributed by atoms with van der Waals surface area (Å²) in [4.78, 5) is 12.2. The molecule has 0 saturated carbocycles. The van der Waals surface area contributed by atoms with Crippen LogP contribution in [0.2, 0.25) is 10.0 Å². The molecule has 0 aliphatic heterocycles. The van der Waals surface area contributed by atoms with Crippen LogP contribution in [0.4, 0.5) is 5.69 Å². The van der Waals surface area contributed by atoms with Gasteiger partial charge in [-0.25, -0.2) is 8.42 Å². The third kappa shape index (κ3) is 4.60. The highest BCUT2D eigenvalue weighted by Crippen LogP contribution is 2.27. The van der Waals surface area contributed by atoms with Crippen molar-refractivity contribution in [3.63, 3.8) is 0 Å². The highest BCUT2D eigenvalue weighted by molar-refractivity contribution is 7.92. The van der Waals surface area contributed by atoms with Crippen LogP contribution in [0.5, 0.6) is 0 Å². The van der Waals surface area contributed by atoms with Crippen LogP contribution in [0.25, 0.3) is 0 Å². The maximum atomic E-state index is 12.6. The molecule has 27 heavy (non-hydrogen) atoms. The number of H-pyrrole nitrogens is 1. The molecule has 1 amide bonds. The lowest BCUT2D eigenvalue weighted by molar-refractivity contribution is 0.0947. The SMILES string of the molecule is O=C(NCc1ccccc1)c1[nH]ncc1NS(=O)(=O)c1cc(Cl)ccc1Cl. The summed E-state index contributed by atoms with van der Waals surface area (Å²) in [5.74, 6) is -0.508. The number of benzene rings is 2. The molecule has 0 bridgehead atoms. The molecule has 3 rings (SSSR count). The third-order valence-electron chi connectivity index (χ3n) is 3.59. The number of anilines is 1. The first kappa shape index (κ1) is 19.2. The summed E-state index contributed by atoms with van der Waals surface area (Å²) in [5.41, 5.74) is 0.877. The number of amides is 1. The van der Waals surface area contributed by atoms with Crippen LogP contribution in [0.15, 0.2) is 59.6 Å². The Morgan fingerprint density at radius 1 is 1.11 bits per heavy atom. The van der Waals surface area contributed by atoms with E-state index in [1.165, 1.54) is 24.4 Å². The van der Waals surface area contributed by atoms with Crippen molar-refractivity contribution in [2.24, 2.45) is 0 Å². The lowest BCUT2D eigenvalue weighted by atomic mass is 10.2. The topological polar surface area (TPSA) is 104 Å². The molecule has 3 N–H and O–H groups in total. The number of halogens is 2. The van der Waals surface area contributed by atoms with Crippen LogP contribution in [-0.2, 0) is 16.6 Å². The Morgan fingerprint density at radius 3 is 2.59 bits per heavy atom. The van der Waals surface area contributed by atoms with Crippen molar-refractivity contribution in [1.29, 1.82) is 0 Å². The van der Waals surface area contributed by atoms with Gasteiger partial charge in [-0.3, -0.25) is 14.6 Å². The molecule has 0 aliphatic rings. The molecule has 3 aromatic rings. The maximum absolute atomic E-state index is 12.6. The van der Waals surface area contributed by atoms with Gasteiger partial charge in [-0.15, -0.1) is 0 Å². The molecule has 10 heteroatoms. The minimum atomic E-state index is -4.07. The van der Waals surface area contributed by atoms with Gasteiger partial charge in [0.1, 0.15) is 10.6 Å². The van der Waals surface area contributed by atoms with Gasteiger partial charge in [-0.05, 0) is 23.8 Å². The number of carbonyl (C=O) groups is 1. The number of nitrogens with zero attached hydrogens (tertiary/aromatic N) is 1. The van der Waals surface area contributed by atoms with Gasteiger partial charge in [-0.1, -0.05) is 53.5 Å². The zero-order chi connectivity index (χ0) is 19.4. The van der Waals surface area contributed by atoms with Crippen molar-refractivity contribution in [3.05, 3.63) is 76.0 Å². The van der Waals surface area contributed by atoms with Crippen LogP contribution in [0.3, 0.4) is 0 Å². The Kier molecular flexibility index (Phi) is 5.69.